The molecule has 0 spiro atoms. The van der Waals surface area contributed by atoms with Gasteiger partial charge in [-0.15, -0.1) is 17.7 Å². The van der Waals surface area contributed by atoms with Crippen molar-refractivity contribution in [2.45, 2.75) is 78.6 Å². The third kappa shape index (κ3) is 9.69. The van der Waals surface area contributed by atoms with Gasteiger partial charge in [0, 0.05) is 12.4 Å². The van der Waals surface area contributed by atoms with Crippen LogP contribution in [0.5, 0.6) is 0 Å². The molecule has 0 fully saturated rings. The van der Waals surface area contributed by atoms with Gasteiger partial charge < -0.3 is 18.8 Å². The second-order valence-electron chi connectivity index (χ2n) is 12.7. The first kappa shape index (κ1) is 35.2. The summed E-state index contributed by atoms with van der Waals surface area (Å²) in [5, 5.41) is 0. The molecule has 0 radical (unpaired) electrons. The fourth-order valence-electron chi connectivity index (χ4n) is 3.82. The van der Waals surface area contributed by atoms with Crippen molar-refractivity contribution in [3.8, 4) is 28.7 Å². The number of hydrogen-bond acceptors (Lipinski definition) is 3. The van der Waals surface area contributed by atoms with Gasteiger partial charge >= 0.3 is 21.1 Å². The maximum atomic E-state index is 6.69. The van der Waals surface area contributed by atoms with Gasteiger partial charge in [-0.2, -0.15) is 0 Å². The minimum Gasteiger partial charge on any atom is -1.00 e. The summed E-state index contributed by atoms with van der Waals surface area (Å²) < 4.78 is 0. The van der Waals surface area contributed by atoms with Crippen molar-refractivity contribution in [3.63, 3.8) is 0 Å². The topological polar surface area (TPSA) is 38.7 Å². The molecule has 0 aliphatic carbocycles. The van der Waals surface area contributed by atoms with Crippen molar-refractivity contribution in [1.29, 1.82) is 0 Å². The molecule has 1 aromatic carbocycles. The summed E-state index contributed by atoms with van der Waals surface area (Å²) in [6.07, 6.45) is 10.5. The fraction of sp³-hybridized carbons (Fsp3) is 0.343. The van der Waals surface area contributed by atoms with Gasteiger partial charge in [0.15, 0.2) is 0 Å². The fourth-order valence-corrected chi connectivity index (χ4v) is 3.82. The van der Waals surface area contributed by atoms with Crippen LogP contribution in [0.15, 0.2) is 79.1 Å². The van der Waals surface area contributed by atoms with Crippen molar-refractivity contribution in [2.24, 2.45) is 0 Å². The van der Waals surface area contributed by atoms with Gasteiger partial charge in [-0.3, -0.25) is 15.9 Å². The van der Waals surface area contributed by atoms with Crippen molar-refractivity contribution in [2.75, 3.05) is 0 Å². The minimum atomic E-state index is -0.00425. The molecule has 0 amide bonds. The van der Waals surface area contributed by atoms with Crippen LogP contribution in [0.3, 0.4) is 0 Å². The van der Waals surface area contributed by atoms with Gasteiger partial charge in [-0.05, 0) is 69.3 Å². The molecule has 0 bridgehead atoms. The van der Waals surface area contributed by atoms with Crippen LogP contribution in [0.25, 0.3) is 22.8 Å². The van der Waals surface area contributed by atoms with E-state index in [2.05, 4.69) is 115 Å². The van der Waals surface area contributed by atoms with Crippen LogP contribution in [0.4, 0.5) is 0 Å². The second kappa shape index (κ2) is 14.2. The maximum absolute atomic E-state index is 6.69. The molecule has 0 aliphatic heterocycles. The molecule has 212 valence electrons. The second-order valence-corrected chi connectivity index (χ2v) is 12.7. The van der Waals surface area contributed by atoms with E-state index in [0.29, 0.717) is 0 Å². The summed E-state index contributed by atoms with van der Waals surface area (Å²) in [7, 11) is 0. The maximum Gasteiger partial charge on any atom is 2.00 e. The van der Waals surface area contributed by atoms with Gasteiger partial charge in [0.1, 0.15) is 0 Å². The number of pyridine rings is 3. The number of hydrogen-bond donors (Lipinski definition) is 0. The van der Waals surface area contributed by atoms with Crippen LogP contribution in [-0.2, 0) is 37.3 Å². The standard InChI is InChI=1S/C27H35N3.C8H5.ClH.Pt/c1-25(2,3)18-10-12-28-21(14-18)23-16-20(27(7,8)9)17-24(30-23)22-15-19(11-13-29-22)26(4,5)6;1-2-8-6-4-3-5-7-8;;/h10-17H,1-9H3;3-7H;1H;/q;-1;;+2/p-1. The molecule has 0 atom stereocenters. The number of nitrogens with zero attached hydrogens (tertiary/aromatic N) is 3. The quantitative estimate of drug-likeness (QED) is 0.196. The monoisotopic (exact) mass is 732 g/mol. The number of rotatable bonds is 2. The molecule has 3 heterocycles. The third-order valence-electron chi connectivity index (χ3n) is 6.39. The van der Waals surface area contributed by atoms with Crippen LogP contribution in [0.1, 0.15) is 84.6 Å². The Bertz CT molecular complexity index is 1340. The van der Waals surface area contributed by atoms with Crippen molar-refractivity contribution in [3.05, 3.63) is 108 Å². The normalized spacial score (nSPS) is 11.2. The molecule has 5 heteroatoms. The van der Waals surface area contributed by atoms with Gasteiger partial charge in [0.25, 0.3) is 0 Å². The molecule has 3 nitrogen and oxygen atoms in total. The molecule has 0 saturated carbocycles. The van der Waals surface area contributed by atoms with E-state index in [4.69, 9.17) is 11.4 Å². The Hall–Kier alpha value is -2.79. The molecule has 40 heavy (non-hydrogen) atoms. The van der Waals surface area contributed by atoms with Gasteiger partial charge in [-0.25, -0.2) is 4.98 Å². The number of halogens is 1. The average molecular weight is 733 g/mol. The first-order valence-electron chi connectivity index (χ1n) is 13.1. The van der Waals surface area contributed by atoms with E-state index in [-0.39, 0.29) is 49.7 Å². The van der Waals surface area contributed by atoms with Crippen molar-refractivity contribution < 1.29 is 33.5 Å². The summed E-state index contributed by atoms with van der Waals surface area (Å²) >= 11 is 0. The van der Waals surface area contributed by atoms with Crippen LogP contribution in [0.2, 0.25) is 0 Å². The largest absolute Gasteiger partial charge is 2.00 e. The molecule has 4 rings (SSSR count). The summed E-state index contributed by atoms with van der Waals surface area (Å²) in [6, 6.07) is 22.2. The molecule has 0 unspecified atom stereocenters. The first-order chi connectivity index (χ1) is 17.7. The Morgan fingerprint density at radius 3 is 1.25 bits per heavy atom. The Labute approximate surface area is 262 Å². The third-order valence-corrected chi connectivity index (χ3v) is 6.39. The molecule has 0 aliphatic rings. The van der Waals surface area contributed by atoms with Crippen LogP contribution >= 0.6 is 0 Å². The predicted molar refractivity (Wildman–Crippen MR) is 159 cm³/mol. The SMILES string of the molecule is CC(C)(C)c1ccnc(-c2cc(C(C)(C)C)cc(-c3cc(C(C)(C)C)ccn3)n2)c1.[C-]#Cc1ccccc1.[Cl-].[Pt+2]. The van der Waals surface area contributed by atoms with Crippen LogP contribution in [-0.4, -0.2) is 15.0 Å². The zero-order valence-corrected chi connectivity index (χ0v) is 28.1. The Morgan fingerprint density at radius 1 is 0.550 bits per heavy atom. The van der Waals surface area contributed by atoms with Crippen molar-refractivity contribution >= 4 is 0 Å². The Balaban J connectivity index is 0.000000690. The van der Waals surface area contributed by atoms with Gasteiger partial charge in [0.2, 0.25) is 0 Å². The average Bonchev–Trinajstić information content (AvgIpc) is 2.88. The summed E-state index contributed by atoms with van der Waals surface area (Å²) in [6.45, 7) is 20.0. The smallest absolute Gasteiger partial charge is 1.00 e. The molecule has 3 aromatic heterocycles. The first-order valence-corrected chi connectivity index (χ1v) is 13.1. The molecule has 0 saturated heterocycles. The summed E-state index contributed by atoms with van der Waals surface area (Å²) in [5.41, 5.74) is 8.28. The zero-order chi connectivity index (χ0) is 28.1. The van der Waals surface area contributed by atoms with E-state index >= 15 is 0 Å². The predicted octanol–water partition coefficient (Wildman–Crippen LogP) is 5.72. The number of benzene rings is 1. The van der Waals surface area contributed by atoms with E-state index in [1.165, 1.54) is 16.7 Å². The molecule has 4 aromatic rings. The Kier molecular flexibility index (Phi) is 12.5. The van der Waals surface area contributed by atoms with E-state index in [0.717, 1.165) is 28.3 Å². The van der Waals surface area contributed by atoms with Crippen LogP contribution in [0, 0.1) is 12.3 Å². The Morgan fingerprint density at radius 2 is 0.925 bits per heavy atom. The van der Waals surface area contributed by atoms with Gasteiger partial charge in [0.05, 0.1) is 22.8 Å². The van der Waals surface area contributed by atoms with Gasteiger partial charge in [-0.1, -0.05) is 80.5 Å². The summed E-state index contributed by atoms with van der Waals surface area (Å²) in [5.74, 6) is 2.28. The van der Waals surface area contributed by atoms with Crippen molar-refractivity contribution in [1.82, 2.24) is 15.0 Å². The van der Waals surface area contributed by atoms with E-state index in [9.17, 15) is 0 Å². The van der Waals surface area contributed by atoms with E-state index in [1.807, 2.05) is 42.7 Å². The molecular formula is C35H40ClN3Pt. The molecular weight excluding hydrogens is 693 g/mol. The number of aromatic nitrogens is 3. The molecule has 0 N–H and O–H groups in total. The minimum absolute atomic E-state index is 0. The van der Waals surface area contributed by atoms with Crippen LogP contribution < -0.4 is 12.4 Å². The summed E-state index contributed by atoms with van der Waals surface area (Å²) in [4.78, 5) is 14.3. The zero-order valence-electron chi connectivity index (χ0n) is 25.0. The van der Waals surface area contributed by atoms with E-state index in [1.54, 1.807) is 0 Å². The van der Waals surface area contributed by atoms with E-state index < -0.39 is 0 Å².